The number of nitrogens with one attached hydrogen (secondary N) is 3. The highest BCUT2D eigenvalue weighted by molar-refractivity contribution is 5.88. The molecule has 1 heterocycles. The van der Waals surface area contributed by atoms with E-state index in [0.29, 0.717) is 11.6 Å². The van der Waals surface area contributed by atoms with Gasteiger partial charge in [0.1, 0.15) is 18.0 Å². The maximum atomic E-state index is 11.1. The van der Waals surface area contributed by atoms with Gasteiger partial charge in [0.15, 0.2) is 0 Å². The Morgan fingerprint density at radius 3 is 2.11 bits per heavy atom. The van der Waals surface area contributed by atoms with Crippen molar-refractivity contribution in [2.45, 2.75) is 33.1 Å². The van der Waals surface area contributed by atoms with Crippen molar-refractivity contribution in [3.05, 3.63) is 66.5 Å². The molecule has 3 N–H and O–H groups in total. The van der Waals surface area contributed by atoms with E-state index in [0.717, 1.165) is 17.1 Å². The van der Waals surface area contributed by atoms with Crippen molar-refractivity contribution in [2.75, 3.05) is 16.0 Å². The van der Waals surface area contributed by atoms with Crippen LogP contribution in [-0.2, 0) is 10.2 Å². The number of carbonyl (C=O) groups excluding carboxylic acids is 1. The van der Waals surface area contributed by atoms with Crippen LogP contribution in [0.25, 0.3) is 0 Å². The first-order chi connectivity index (χ1) is 13.3. The molecule has 0 aliphatic rings. The summed E-state index contributed by atoms with van der Waals surface area (Å²) in [6.07, 6.45) is 1.52. The molecule has 0 saturated heterocycles. The lowest BCUT2D eigenvalue weighted by molar-refractivity contribution is -0.114. The molecule has 0 unspecified atom stereocenters. The minimum absolute atomic E-state index is 0.0212. The molecule has 0 fully saturated rings. The highest BCUT2D eigenvalue weighted by Crippen LogP contribution is 2.31. The van der Waals surface area contributed by atoms with Crippen LogP contribution in [0.5, 0.6) is 0 Å². The molecule has 0 bridgehead atoms. The first kappa shape index (κ1) is 19.4. The molecule has 6 heteroatoms. The van der Waals surface area contributed by atoms with Gasteiger partial charge in [-0.15, -0.1) is 0 Å². The van der Waals surface area contributed by atoms with E-state index in [9.17, 15) is 4.79 Å². The Hall–Kier alpha value is -3.41. The van der Waals surface area contributed by atoms with Gasteiger partial charge >= 0.3 is 0 Å². The number of nitrogens with zero attached hydrogens (tertiary/aromatic N) is 2. The zero-order valence-electron chi connectivity index (χ0n) is 16.6. The first-order valence-electron chi connectivity index (χ1n) is 9.14. The monoisotopic (exact) mass is 375 g/mol. The van der Waals surface area contributed by atoms with Crippen molar-refractivity contribution in [2.24, 2.45) is 0 Å². The number of amides is 1. The number of hydrogen-bond donors (Lipinski definition) is 3. The summed E-state index contributed by atoms with van der Waals surface area (Å²) in [5, 5.41) is 9.40. The number of anilines is 5. The molecule has 0 atom stereocenters. The fraction of sp³-hybridized carbons (Fsp3) is 0.227. The zero-order chi connectivity index (χ0) is 20.1. The van der Waals surface area contributed by atoms with Crippen molar-refractivity contribution in [1.82, 2.24) is 9.97 Å². The third-order valence-electron chi connectivity index (χ3n) is 4.14. The predicted molar refractivity (Wildman–Crippen MR) is 114 cm³/mol. The molecule has 144 valence electrons. The molecule has 6 nitrogen and oxygen atoms in total. The van der Waals surface area contributed by atoms with E-state index in [1.54, 1.807) is 0 Å². The van der Waals surface area contributed by atoms with Crippen molar-refractivity contribution in [1.29, 1.82) is 0 Å². The van der Waals surface area contributed by atoms with Crippen LogP contribution in [-0.4, -0.2) is 15.9 Å². The van der Waals surface area contributed by atoms with Gasteiger partial charge in [-0.2, -0.15) is 0 Å². The van der Waals surface area contributed by atoms with E-state index in [4.69, 9.17) is 0 Å². The molecule has 1 aromatic heterocycles. The van der Waals surface area contributed by atoms with Gasteiger partial charge < -0.3 is 16.0 Å². The maximum absolute atomic E-state index is 11.1. The van der Waals surface area contributed by atoms with E-state index < -0.39 is 0 Å². The predicted octanol–water partition coefficient (Wildman–Crippen LogP) is 5.22. The number of benzene rings is 2. The zero-order valence-corrected chi connectivity index (χ0v) is 16.6. The molecule has 3 aromatic rings. The van der Waals surface area contributed by atoms with Crippen molar-refractivity contribution >= 4 is 34.6 Å². The highest BCUT2D eigenvalue weighted by atomic mass is 16.1. The second-order valence-electron chi connectivity index (χ2n) is 7.59. The average molecular weight is 375 g/mol. The Bertz CT molecular complexity index is 961. The summed E-state index contributed by atoms with van der Waals surface area (Å²) >= 11 is 0. The Kier molecular flexibility index (Phi) is 5.59. The molecule has 28 heavy (non-hydrogen) atoms. The topological polar surface area (TPSA) is 78.9 Å². The molecule has 2 aromatic carbocycles. The smallest absolute Gasteiger partial charge is 0.221 e. The van der Waals surface area contributed by atoms with Gasteiger partial charge in [-0.05, 0) is 41.3 Å². The van der Waals surface area contributed by atoms with E-state index in [1.807, 2.05) is 42.5 Å². The van der Waals surface area contributed by atoms with Gasteiger partial charge in [0, 0.05) is 30.1 Å². The molecule has 0 spiro atoms. The normalized spacial score (nSPS) is 11.0. The first-order valence-corrected chi connectivity index (χ1v) is 9.14. The average Bonchev–Trinajstić information content (AvgIpc) is 2.63. The summed E-state index contributed by atoms with van der Waals surface area (Å²) in [7, 11) is 0. The van der Waals surface area contributed by atoms with Crippen molar-refractivity contribution in [3.63, 3.8) is 0 Å². The SMILES string of the molecule is CC(=O)Nc1ccc(Nc2cc(Nc3ccccc3C(C)(C)C)ncn2)cc1. The fourth-order valence-electron chi connectivity index (χ4n) is 2.87. The number of para-hydroxylation sites is 1. The van der Waals surface area contributed by atoms with E-state index in [-0.39, 0.29) is 11.3 Å². The lowest BCUT2D eigenvalue weighted by Gasteiger charge is -2.23. The molecule has 0 aliphatic heterocycles. The van der Waals surface area contributed by atoms with Crippen molar-refractivity contribution in [3.8, 4) is 0 Å². The van der Waals surface area contributed by atoms with Gasteiger partial charge in [-0.25, -0.2) is 9.97 Å². The minimum Gasteiger partial charge on any atom is -0.340 e. The Balaban J connectivity index is 1.76. The van der Waals surface area contributed by atoms with Crippen LogP contribution in [0.3, 0.4) is 0 Å². The summed E-state index contributed by atoms with van der Waals surface area (Å²) in [6, 6.07) is 17.5. The van der Waals surface area contributed by atoms with Crippen LogP contribution in [0.4, 0.5) is 28.7 Å². The largest absolute Gasteiger partial charge is 0.340 e. The lowest BCUT2D eigenvalue weighted by Crippen LogP contribution is -2.13. The molecular formula is C22H25N5O. The van der Waals surface area contributed by atoms with Crippen LogP contribution in [0, 0.1) is 0 Å². The summed E-state index contributed by atoms with van der Waals surface area (Å²) < 4.78 is 0. The van der Waals surface area contributed by atoms with Gasteiger partial charge in [-0.3, -0.25) is 4.79 Å². The Labute approximate surface area is 165 Å². The minimum atomic E-state index is -0.0947. The van der Waals surface area contributed by atoms with Gasteiger partial charge in [-0.1, -0.05) is 39.0 Å². The Morgan fingerprint density at radius 2 is 1.46 bits per heavy atom. The van der Waals surface area contributed by atoms with Gasteiger partial charge in [0.25, 0.3) is 0 Å². The molecule has 0 radical (unpaired) electrons. The summed E-state index contributed by atoms with van der Waals surface area (Å²) in [5.41, 5.74) is 3.89. The van der Waals surface area contributed by atoms with E-state index in [1.165, 1.54) is 18.8 Å². The number of aromatic nitrogens is 2. The maximum Gasteiger partial charge on any atom is 0.221 e. The van der Waals surface area contributed by atoms with Crippen LogP contribution in [0.15, 0.2) is 60.9 Å². The molecule has 0 saturated carbocycles. The Morgan fingerprint density at radius 1 is 0.857 bits per heavy atom. The van der Waals surface area contributed by atoms with Crippen LogP contribution < -0.4 is 16.0 Å². The number of carbonyl (C=O) groups is 1. The second kappa shape index (κ2) is 8.08. The molecule has 3 rings (SSSR count). The van der Waals surface area contributed by atoms with Crippen LogP contribution in [0.2, 0.25) is 0 Å². The molecule has 1 amide bonds. The number of rotatable bonds is 5. The summed E-state index contributed by atoms with van der Waals surface area (Å²) in [4.78, 5) is 19.7. The van der Waals surface area contributed by atoms with Gasteiger partial charge in [0.05, 0.1) is 0 Å². The van der Waals surface area contributed by atoms with E-state index in [2.05, 4.69) is 58.8 Å². The van der Waals surface area contributed by atoms with Gasteiger partial charge in [0.2, 0.25) is 5.91 Å². The standard InChI is InChI=1S/C22H25N5O/c1-15(28)25-16-9-11-17(12-10-16)26-20-13-21(24-14-23-20)27-19-8-6-5-7-18(19)22(2,3)4/h5-14H,1-4H3,(H,25,28)(H2,23,24,26,27). The summed E-state index contributed by atoms with van der Waals surface area (Å²) in [6.45, 7) is 8.04. The fourth-order valence-corrected chi connectivity index (χ4v) is 2.87. The second-order valence-corrected chi connectivity index (χ2v) is 7.59. The highest BCUT2D eigenvalue weighted by Gasteiger charge is 2.17. The third kappa shape index (κ3) is 5.07. The van der Waals surface area contributed by atoms with E-state index >= 15 is 0 Å². The van der Waals surface area contributed by atoms with Crippen LogP contribution in [0.1, 0.15) is 33.3 Å². The molecule has 0 aliphatic carbocycles. The quantitative estimate of drug-likeness (QED) is 0.570. The molecular weight excluding hydrogens is 350 g/mol. The lowest BCUT2D eigenvalue weighted by atomic mass is 9.86. The van der Waals surface area contributed by atoms with Crippen LogP contribution >= 0.6 is 0 Å². The number of hydrogen-bond acceptors (Lipinski definition) is 5. The third-order valence-corrected chi connectivity index (χ3v) is 4.14. The van der Waals surface area contributed by atoms with Crippen molar-refractivity contribution < 1.29 is 4.79 Å². The summed E-state index contributed by atoms with van der Waals surface area (Å²) in [5.74, 6) is 1.30.